The van der Waals surface area contributed by atoms with Gasteiger partial charge in [0.25, 0.3) is 0 Å². The second kappa shape index (κ2) is 9.84. The monoisotopic (exact) mass is 417 g/mol. The van der Waals surface area contributed by atoms with E-state index in [1.54, 1.807) is 21.3 Å². The highest BCUT2D eigenvalue weighted by Crippen LogP contribution is 2.51. The quantitative estimate of drug-likeness (QED) is 0.446. The van der Waals surface area contributed by atoms with Crippen LogP contribution in [0.4, 0.5) is 0 Å². The maximum atomic E-state index is 12.3. The van der Waals surface area contributed by atoms with E-state index in [4.69, 9.17) is 18.9 Å². The van der Waals surface area contributed by atoms with Gasteiger partial charge in [-0.2, -0.15) is 0 Å². The first kappa shape index (κ1) is 22.6. The molecule has 30 heavy (non-hydrogen) atoms. The Morgan fingerprint density at radius 2 is 1.93 bits per heavy atom. The Bertz CT molecular complexity index is 777. The van der Waals surface area contributed by atoms with E-state index < -0.39 is 0 Å². The minimum atomic E-state index is -0.148. The minimum absolute atomic E-state index is 0.0257. The zero-order valence-electron chi connectivity index (χ0n) is 18.9. The van der Waals surface area contributed by atoms with Gasteiger partial charge >= 0.3 is 5.97 Å². The molecule has 1 aliphatic heterocycles. The van der Waals surface area contributed by atoms with E-state index >= 15 is 0 Å². The van der Waals surface area contributed by atoms with Gasteiger partial charge in [-0.25, -0.2) is 0 Å². The Balaban J connectivity index is 1.81. The molecule has 1 saturated heterocycles. The minimum Gasteiger partial charge on any atom is -0.493 e. The number of likely N-dealkylation sites (N-methyl/N-ethyl adjacent to an activating group) is 1. The molecule has 6 heteroatoms. The molecule has 1 aromatic carbocycles. The van der Waals surface area contributed by atoms with Crippen LogP contribution in [-0.4, -0.2) is 57.9 Å². The van der Waals surface area contributed by atoms with Crippen LogP contribution >= 0.6 is 0 Å². The molecule has 1 unspecified atom stereocenters. The van der Waals surface area contributed by atoms with Crippen LogP contribution in [0.25, 0.3) is 0 Å². The largest absolute Gasteiger partial charge is 0.493 e. The standard InChI is InChI=1S/C24H35NO5/c1-17-16-24(18-9-10-20(28-4)21(14-18)29-5)12-11-19(15-22(24)25(17)2)30-23(26)8-6-7-13-27-3/h9-10,14-15,17,22H,6-8,11-13,16H2,1-5H3/t17?,22-,24-/m0/s1. The second-order valence-corrected chi connectivity index (χ2v) is 8.45. The van der Waals surface area contributed by atoms with Crippen LogP contribution in [0.3, 0.4) is 0 Å². The number of ether oxygens (including phenoxy) is 4. The van der Waals surface area contributed by atoms with Crippen LogP contribution in [0.1, 0.15) is 51.0 Å². The van der Waals surface area contributed by atoms with E-state index in [-0.39, 0.29) is 17.4 Å². The van der Waals surface area contributed by atoms with E-state index in [0.29, 0.717) is 19.1 Å². The van der Waals surface area contributed by atoms with Gasteiger partial charge in [0.1, 0.15) is 5.76 Å². The summed E-state index contributed by atoms with van der Waals surface area (Å²) in [7, 11) is 7.16. The molecule has 0 N–H and O–H groups in total. The van der Waals surface area contributed by atoms with Crippen molar-refractivity contribution in [1.29, 1.82) is 0 Å². The summed E-state index contributed by atoms with van der Waals surface area (Å²) >= 11 is 0. The van der Waals surface area contributed by atoms with Gasteiger partial charge in [0.05, 0.1) is 14.2 Å². The lowest BCUT2D eigenvalue weighted by Crippen LogP contribution is -2.43. The lowest BCUT2D eigenvalue weighted by Gasteiger charge is -2.40. The topological polar surface area (TPSA) is 57.2 Å². The molecule has 2 aliphatic rings. The van der Waals surface area contributed by atoms with E-state index in [2.05, 4.69) is 37.1 Å². The molecule has 0 amide bonds. The lowest BCUT2D eigenvalue weighted by molar-refractivity contribution is -0.140. The summed E-state index contributed by atoms with van der Waals surface area (Å²) in [6.45, 7) is 2.94. The van der Waals surface area contributed by atoms with Crippen molar-refractivity contribution in [2.75, 3.05) is 35.0 Å². The number of likely N-dealkylation sites (tertiary alicyclic amines) is 1. The number of carbonyl (C=O) groups is 1. The highest BCUT2D eigenvalue weighted by atomic mass is 16.5. The third-order valence-electron chi connectivity index (χ3n) is 6.70. The average Bonchev–Trinajstić information content (AvgIpc) is 3.01. The molecule has 1 aliphatic carbocycles. The van der Waals surface area contributed by atoms with Crippen molar-refractivity contribution in [2.45, 2.75) is 62.9 Å². The molecule has 1 heterocycles. The molecule has 0 aromatic heterocycles. The molecule has 6 nitrogen and oxygen atoms in total. The Morgan fingerprint density at radius 3 is 2.63 bits per heavy atom. The fourth-order valence-electron chi connectivity index (χ4n) is 4.97. The number of nitrogens with zero attached hydrogens (tertiary/aromatic N) is 1. The summed E-state index contributed by atoms with van der Waals surface area (Å²) in [5.41, 5.74) is 1.23. The van der Waals surface area contributed by atoms with Crippen molar-refractivity contribution in [3.63, 3.8) is 0 Å². The maximum Gasteiger partial charge on any atom is 0.310 e. The molecule has 0 saturated carbocycles. The summed E-state index contributed by atoms with van der Waals surface area (Å²) in [5.74, 6) is 2.14. The van der Waals surface area contributed by atoms with Crippen LogP contribution in [0.15, 0.2) is 30.0 Å². The molecule has 0 radical (unpaired) electrons. The van der Waals surface area contributed by atoms with E-state index in [1.165, 1.54) is 5.56 Å². The van der Waals surface area contributed by atoms with Crippen LogP contribution in [0.5, 0.6) is 11.5 Å². The van der Waals surface area contributed by atoms with Crippen LogP contribution in [-0.2, 0) is 19.7 Å². The predicted molar refractivity (Wildman–Crippen MR) is 116 cm³/mol. The maximum absolute atomic E-state index is 12.3. The van der Waals surface area contributed by atoms with Crippen molar-refractivity contribution >= 4 is 5.97 Å². The number of hydrogen-bond donors (Lipinski definition) is 0. The first-order valence-electron chi connectivity index (χ1n) is 10.8. The number of unbranched alkanes of at least 4 members (excludes halogenated alkanes) is 1. The van der Waals surface area contributed by atoms with Gasteiger partial charge in [-0.15, -0.1) is 0 Å². The van der Waals surface area contributed by atoms with Crippen LogP contribution in [0.2, 0.25) is 0 Å². The van der Waals surface area contributed by atoms with E-state index in [9.17, 15) is 4.79 Å². The molecule has 3 rings (SSSR count). The fourth-order valence-corrected chi connectivity index (χ4v) is 4.97. The molecule has 3 atom stereocenters. The zero-order valence-corrected chi connectivity index (χ0v) is 18.9. The number of rotatable bonds is 9. The predicted octanol–water partition coefficient (Wildman–Crippen LogP) is 4.07. The number of hydrogen-bond acceptors (Lipinski definition) is 6. The number of allylic oxidation sites excluding steroid dienone is 1. The Hall–Kier alpha value is -2.05. The molecule has 166 valence electrons. The fraction of sp³-hybridized carbons (Fsp3) is 0.625. The average molecular weight is 418 g/mol. The summed E-state index contributed by atoms with van der Waals surface area (Å²) < 4.78 is 21.8. The number of carbonyl (C=O) groups excluding carboxylic acids is 1. The number of esters is 1. The molecule has 1 aromatic rings. The molecule has 0 bridgehead atoms. The Kier molecular flexibility index (Phi) is 7.42. The van der Waals surface area contributed by atoms with E-state index in [1.807, 2.05) is 6.07 Å². The highest BCUT2D eigenvalue weighted by molar-refractivity contribution is 5.70. The number of methoxy groups -OCH3 is 3. The highest BCUT2D eigenvalue weighted by Gasteiger charge is 2.51. The van der Waals surface area contributed by atoms with Crippen molar-refractivity contribution < 1.29 is 23.7 Å². The van der Waals surface area contributed by atoms with Crippen molar-refractivity contribution in [3.05, 3.63) is 35.6 Å². The van der Waals surface area contributed by atoms with Crippen LogP contribution < -0.4 is 9.47 Å². The van der Waals surface area contributed by atoms with Gasteiger partial charge < -0.3 is 18.9 Å². The molecule has 1 fully saturated rings. The Morgan fingerprint density at radius 1 is 1.17 bits per heavy atom. The lowest BCUT2D eigenvalue weighted by atomic mass is 9.67. The van der Waals surface area contributed by atoms with Crippen LogP contribution in [0, 0.1) is 0 Å². The SMILES string of the molecule is COCCCCC(=O)OC1=C[C@@H]2N(C)C(C)C[C@]2(c2ccc(OC)c(OC)c2)CC1. The molecular weight excluding hydrogens is 382 g/mol. The smallest absolute Gasteiger partial charge is 0.310 e. The van der Waals surface area contributed by atoms with Gasteiger partial charge in [0, 0.05) is 44.1 Å². The number of benzene rings is 1. The molecule has 0 spiro atoms. The van der Waals surface area contributed by atoms with E-state index in [0.717, 1.165) is 49.4 Å². The van der Waals surface area contributed by atoms with Crippen molar-refractivity contribution in [2.24, 2.45) is 0 Å². The van der Waals surface area contributed by atoms with Crippen molar-refractivity contribution in [3.8, 4) is 11.5 Å². The van der Waals surface area contributed by atoms with Gasteiger partial charge in [0.15, 0.2) is 11.5 Å². The van der Waals surface area contributed by atoms with Crippen molar-refractivity contribution in [1.82, 2.24) is 4.90 Å². The molecular formula is C24H35NO5. The second-order valence-electron chi connectivity index (χ2n) is 8.45. The summed E-state index contributed by atoms with van der Waals surface area (Å²) in [5, 5.41) is 0. The van der Waals surface area contributed by atoms with Gasteiger partial charge in [0.2, 0.25) is 0 Å². The zero-order chi connectivity index (χ0) is 21.7. The van der Waals surface area contributed by atoms with Gasteiger partial charge in [-0.3, -0.25) is 9.69 Å². The summed E-state index contributed by atoms with van der Waals surface area (Å²) in [6.07, 6.45) is 7.00. The first-order chi connectivity index (χ1) is 14.4. The third kappa shape index (κ3) is 4.49. The normalized spacial score (nSPS) is 26.1. The summed E-state index contributed by atoms with van der Waals surface area (Å²) in [4.78, 5) is 14.7. The summed E-state index contributed by atoms with van der Waals surface area (Å²) in [6, 6.07) is 6.86. The third-order valence-corrected chi connectivity index (χ3v) is 6.70. The number of fused-ring (bicyclic) bond motifs is 1. The van der Waals surface area contributed by atoms with Gasteiger partial charge in [-0.05, 0) is 63.4 Å². The first-order valence-corrected chi connectivity index (χ1v) is 10.8. The van der Waals surface area contributed by atoms with Gasteiger partial charge in [-0.1, -0.05) is 6.07 Å². The Labute approximate surface area is 180 Å².